The Morgan fingerprint density at radius 2 is 1.26 bits per heavy atom. The fourth-order valence-electron chi connectivity index (χ4n) is 3.66. The third kappa shape index (κ3) is 15.9. The molecule has 1 fully saturated rings. The summed E-state index contributed by atoms with van der Waals surface area (Å²) in [5, 5.41) is 5.66. The van der Waals surface area contributed by atoms with E-state index in [0.717, 1.165) is 17.0 Å². The first kappa shape index (κ1) is 36.3. The summed E-state index contributed by atoms with van der Waals surface area (Å²) in [6.07, 6.45) is -1.60. The molecule has 3 unspecified atom stereocenters. The highest BCUT2D eigenvalue weighted by atomic mass is 33.1. The molecule has 0 spiro atoms. The highest BCUT2D eigenvalue weighted by Crippen LogP contribution is 2.33. The maximum absolute atomic E-state index is 12.9. The predicted molar refractivity (Wildman–Crippen MR) is 166 cm³/mol. The van der Waals surface area contributed by atoms with Crippen LogP contribution < -0.4 is 10.6 Å². The Hall–Kier alpha value is 0.238. The van der Waals surface area contributed by atoms with E-state index in [-0.39, 0.29) is 12.3 Å². The van der Waals surface area contributed by atoms with Crippen LogP contribution >= 0.6 is 10.8 Å². The van der Waals surface area contributed by atoms with Crippen molar-refractivity contribution in [2.45, 2.75) is 109 Å². The zero-order valence-electron chi connectivity index (χ0n) is 25.6. The lowest BCUT2D eigenvalue weighted by Crippen LogP contribution is -2.69. The number of urea groups is 1. The van der Waals surface area contributed by atoms with E-state index in [4.69, 9.17) is 22.4 Å². The number of carbonyl (C=O) groups is 1. The summed E-state index contributed by atoms with van der Waals surface area (Å²) in [4.78, 5) is 12.9. The van der Waals surface area contributed by atoms with Gasteiger partial charge in [-0.2, -0.15) is 0 Å². The van der Waals surface area contributed by atoms with Gasteiger partial charge in [0.25, 0.3) is 0 Å². The minimum atomic E-state index is -3.18. The second kappa shape index (κ2) is 13.9. The molecule has 0 saturated carbocycles. The van der Waals surface area contributed by atoms with Gasteiger partial charge in [0, 0.05) is 18.6 Å². The first-order valence-corrected chi connectivity index (χ1v) is 30.1. The maximum Gasteiger partial charge on any atom is 0.316 e. The van der Waals surface area contributed by atoms with Crippen molar-refractivity contribution in [3.63, 3.8) is 0 Å². The number of hydrogen-bond acceptors (Lipinski definition) is 9. The molecule has 16 heteroatoms. The monoisotopic (exact) mass is 648 g/mol. The first-order valence-electron chi connectivity index (χ1n) is 13.1. The van der Waals surface area contributed by atoms with Gasteiger partial charge in [-0.05, 0) is 89.4 Å². The van der Waals surface area contributed by atoms with Crippen LogP contribution in [0.25, 0.3) is 0 Å². The molecule has 0 aromatic rings. The summed E-state index contributed by atoms with van der Waals surface area (Å²) in [5.74, 6) is 0.243. The molecule has 0 aromatic carbocycles. The van der Waals surface area contributed by atoms with Crippen LogP contribution in [-0.4, -0.2) is 104 Å². The van der Waals surface area contributed by atoms with Gasteiger partial charge in [-0.1, -0.05) is 0 Å². The Balaban J connectivity index is 3.36. The second-order valence-electron chi connectivity index (χ2n) is 13.5. The molecule has 0 radical (unpaired) electrons. The van der Waals surface area contributed by atoms with Crippen LogP contribution in [0.4, 0.5) is 4.79 Å². The number of carbonyl (C=O) groups excluding carboxylic acids is 1. The lowest BCUT2D eigenvalue weighted by Gasteiger charge is -2.51. The van der Waals surface area contributed by atoms with E-state index in [1.807, 2.05) is 0 Å². The summed E-state index contributed by atoms with van der Waals surface area (Å²) in [7, 11) is -10.5. The molecule has 0 aliphatic carbocycles. The molecule has 226 valence electrons. The van der Waals surface area contributed by atoms with Crippen molar-refractivity contribution < 1.29 is 35.7 Å². The standard InChI is InChI=1S/C22H52N2O8S2Si4/c1-34(26,27)33-15-14-23-22(25)24-21-20(32-38(11,12)13)19(31-37(8,9)10)18(30-36(5,6)7)17(29-21)16-28-35(2,3)4/h17-21H,14-16H2,1-13H3,(H2,23,24,25)/t17?,18-,19?,20?,21+/m0/s1. The zero-order chi connectivity index (χ0) is 29.7. The van der Waals surface area contributed by atoms with E-state index in [9.17, 15) is 13.2 Å². The molecule has 38 heavy (non-hydrogen) atoms. The van der Waals surface area contributed by atoms with Gasteiger partial charge in [-0.3, -0.25) is 0 Å². The summed E-state index contributed by atoms with van der Waals surface area (Å²) in [6.45, 7) is 25.9. The molecule has 2 amide bonds. The van der Waals surface area contributed by atoms with E-state index in [1.54, 1.807) is 0 Å². The Bertz CT molecular complexity index is 871. The Labute approximate surface area is 238 Å². The van der Waals surface area contributed by atoms with E-state index in [0.29, 0.717) is 6.61 Å². The van der Waals surface area contributed by atoms with Gasteiger partial charge < -0.3 is 33.1 Å². The smallest absolute Gasteiger partial charge is 0.316 e. The van der Waals surface area contributed by atoms with Crippen molar-refractivity contribution >= 4 is 59.0 Å². The van der Waals surface area contributed by atoms with Gasteiger partial charge in [-0.25, -0.2) is 13.2 Å². The Morgan fingerprint density at radius 1 is 0.789 bits per heavy atom. The zero-order valence-corrected chi connectivity index (χ0v) is 31.2. The lowest BCUT2D eigenvalue weighted by atomic mass is 9.98. The van der Waals surface area contributed by atoms with Crippen LogP contribution in [0.2, 0.25) is 78.6 Å². The van der Waals surface area contributed by atoms with Crippen LogP contribution in [-0.2, 0) is 31.3 Å². The van der Waals surface area contributed by atoms with Crippen molar-refractivity contribution in [3.8, 4) is 0 Å². The molecule has 10 nitrogen and oxygen atoms in total. The molecule has 1 rings (SSSR count). The number of nitrogens with one attached hydrogen (secondary N) is 2. The number of hydrogen-bond donors (Lipinski definition) is 2. The third-order valence-corrected chi connectivity index (χ3v) is 11.3. The van der Waals surface area contributed by atoms with Crippen molar-refractivity contribution in [1.82, 2.24) is 10.6 Å². The summed E-state index contributed by atoms with van der Waals surface area (Å²) >= 11 is 0. The first-order chi connectivity index (χ1) is 16.9. The van der Waals surface area contributed by atoms with Crippen LogP contribution in [0.15, 0.2) is 0 Å². The quantitative estimate of drug-likeness (QED) is 0.162. The van der Waals surface area contributed by atoms with Gasteiger partial charge in [-0.15, -0.1) is 0 Å². The predicted octanol–water partition coefficient (Wildman–Crippen LogP) is 4.22. The molecule has 1 aliphatic rings. The van der Waals surface area contributed by atoms with Gasteiger partial charge in [0.1, 0.15) is 24.4 Å². The Morgan fingerprint density at radius 3 is 1.71 bits per heavy atom. The maximum atomic E-state index is 12.9. The third-order valence-electron chi connectivity index (χ3n) is 4.74. The molecule has 5 atom stereocenters. The van der Waals surface area contributed by atoms with Crippen LogP contribution in [0, 0.1) is 0 Å². The van der Waals surface area contributed by atoms with Gasteiger partial charge in [0.2, 0.25) is 0 Å². The highest BCUT2D eigenvalue weighted by Gasteiger charge is 2.52. The van der Waals surface area contributed by atoms with E-state index in [1.165, 1.54) is 0 Å². The molecular weight excluding hydrogens is 597 g/mol. The van der Waals surface area contributed by atoms with Gasteiger partial charge in [0.15, 0.2) is 48.4 Å². The molecular formula is C22H52N2O8S2Si4. The molecule has 0 bridgehead atoms. The topological polar surface area (TPSA) is 121 Å². The molecule has 2 N–H and O–H groups in total. The minimum absolute atomic E-state index is 0.189. The molecule has 0 aromatic heterocycles. The van der Waals surface area contributed by atoms with Gasteiger partial charge in [0.05, 0.1) is 6.61 Å². The molecule has 1 heterocycles. The second-order valence-corrected chi connectivity index (χ2v) is 36.0. The van der Waals surface area contributed by atoms with Crippen LogP contribution in [0.1, 0.15) is 0 Å². The van der Waals surface area contributed by atoms with Crippen molar-refractivity contribution in [1.29, 1.82) is 0 Å². The Kier molecular flexibility index (Phi) is 13.3. The number of rotatable bonds is 14. The largest absolute Gasteiger partial charge is 0.415 e. The van der Waals surface area contributed by atoms with Crippen LogP contribution in [0.5, 0.6) is 0 Å². The minimum Gasteiger partial charge on any atom is -0.415 e. The van der Waals surface area contributed by atoms with Gasteiger partial charge >= 0.3 is 6.03 Å². The van der Waals surface area contributed by atoms with E-state index < -0.39 is 78.8 Å². The normalized spacial score (nSPS) is 25.8. The SMILES string of the molecule is C[Si](C)(C)OCC1O[C@@H](NC(=O)NCCSS(C)(=O)=O)C(O[Si](C)(C)C)C(O[Si](C)(C)C)[C@H]1O[Si](C)(C)C. The number of ether oxygens (including phenoxy) is 1. The summed E-state index contributed by atoms with van der Waals surface area (Å²) in [5.41, 5.74) is 0. The average molecular weight is 649 g/mol. The fourth-order valence-corrected chi connectivity index (χ4v) is 9.24. The molecule has 1 aliphatic heterocycles. The summed E-state index contributed by atoms with van der Waals surface area (Å²) in [6, 6.07) is -0.463. The van der Waals surface area contributed by atoms with Crippen LogP contribution in [0.3, 0.4) is 0 Å². The van der Waals surface area contributed by atoms with E-state index in [2.05, 4.69) is 89.2 Å². The van der Waals surface area contributed by atoms with Crippen molar-refractivity contribution in [3.05, 3.63) is 0 Å². The number of amides is 2. The van der Waals surface area contributed by atoms with E-state index >= 15 is 0 Å². The summed E-state index contributed by atoms with van der Waals surface area (Å²) < 4.78 is 55.7. The lowest BCUT2D eigenvalue weighted by molar-refractivity contribution is -0.218. The molecule has 1 saturated heterocycles. The van der Waals surface area contributed by atoms with Crippen molar-refractivity contribution in [2.75, 3.05) is 25.2 Å². The average Bonchev–Trinajstić information content (AvgIpc) is 2.64. The van der Waals surface area contributed by atoms with Crippen molar-refractivity contribution in [2.24, 2.45) is 0 Å². The highest BCUT2D eigenvalue weighted by molar-refractivity contribution is 8.71. The fraction of sp³-hybridized carbons (Fsp3) is 0.955.